The fraction of sp³-hybridized carbons (Fsp3) is 0.0714. The zero-order valence-corrected chi connectivity index (χ0v) is 10.5. The molecule has 0 N–H and O–H groups in total. The van der Waals surface area contributed by atoms with Gasteiger partial charge in [0.05, 0.1) is 0 Å². The first-order chi connectivity index (χ1) is 9.75. The minimum Gasteiger partial charge on any atom is -0.691 e. The molecule has 0 saturated heterocycles. The van der Waals surface area contributed by atoms with Crippen molar-refractivity contribution < 1.29 is 14.4 Å². The van der Waals surface area contributed by atoms with E-state index in [0.29, 0.717) is 15.9 Å². The van der Waals surface area contributed by atoms with Gasteiger partial charge in [0.2, 0.25) is 11.0 Å². The molecule has 0 saturated carbocycles. The molecule has 0 aliphatic rings. The summed E-state index contributed by atoms with van der Waals surface area (Å²) in [5, 5.41) is 15.2. The van der Waals surface area contributed by atoms with Gasteiger partial charge in [-0.25, -0.2) is 0 Å². The smallest absolute Gasteiger partial charge is 0.533 e. The molecule has 6 nitrogen and oxygen atoms in total. The van der Waals surface area contributed by atoms with Crippen molar-refractivity contribution >= 4 is 17.1 Å². The highest BCUT2D eigenvalue weighted by Crippen LogP contribution is 2.09. The van der Waals surface area contributed by atoms with Crippen LogP contribution in [0.4, 0.5) is 4.79 Å². The second kappa shape index (κ2) is 5.00. The van der Waals surface area contributed by atoms with Crippen LogP contribution in [0.15, 0.2) is 54.6 Å². The number of rotatable bonds is 2. The highest BCUT2D eigenvalue weighted by atomic mass is 16.6. The van der Waals surface area contributed by atoms with E-state index in [1.54, 1.807) is 24.3 Å². The Morgan fingerprint density at radius 2 is 1.85 bits per heavy atom. The minimum absolute atomic E-state index is 0.132. The third-order valence-corrected chi connectivity index (χ3v) is 2.86. The highest BCUT2D eigenvalue weighted by Gasteiger charge is 2.22. The fourth-order valence-corrected chi connectivity index (χ4v) is 1.90. The van der Waals surface area contributed by atoms with E-state index in [2.05, 4.69) is 5.21 Å². The van der Waals surface area contributed by atoms with E-state index in [9.17, 15) is 10.0 Å². The first kappa shape index (κ1) is 12.2. The maximum atomic E-state index is 12.0. The van der Waals surface area contributed by atoms with Crippen molar-refractivity contribution in [3.63, 3.8) is 0 Å². The molecule has 0 aliphatic carbocycles. The summed E-state index contributed by atoms with van der Waals surface area (Å²) < 4.78 is 6.11. The van der Waals surface area contributed by atoms with Gasteiger partial charge in [0, 0.05) is 0 Å². The van der Waals surface area contributed by atoms with Crippen molar-refractivity contribution in [2.24, 2.45) is 0 Å². The Morgan fingerprint density at radius 1 is 1.15 bits per heavy atom. The second-order valence-electron chi connectivity index (χ2n) is 4.20. The van der Waals surface area contributed by atoms with Gasteiger partial charge in [-0.05, 0) is 22.4 Å². The van der Waals surface area contributed by atoms with Crippen molar-refractivity contribution in [1.82, 2.24) is 9.90 Å². The average Bonchev–Trinajstić information content (AvgIpc) is 2.84. The standard InChI is InChI=1S/C14H11N3O3/c18-14(20-10-11-6-2-1-3-7-11)16-12-8-4-5-9-13(12)17(19)15-16/h1-9H,10H2. The number of aromatic nitrogens is 3. The molecule has 6 heteroatoms. The third kappa shape index (κ3) is 2.18. The lowest BCUT2D eigenvalue weighted by atomic mass is 10.2. The Kier molecular flexibility index (Phi) is 3.04. The van der Waals surface area contributed by atoms with Gasteiger partial charge in [0.15, 0.2) is 0 Å². The van der Waals surface area contributed by atoms with Crippen LogP contribution in [0.2, 0.25) is 0 Å². The number of nitrogens with zero attached hydrogens (tertiary/aromatic N) is 3. The first-order valence-electron chi connectivity index (χ1n) is 6.04. The van der Waals surface area contributed by atoms with Crippen molar-refractivity contribution in [3.8, 4) is 0 Å². The molecule has 0 fully saturated rings. The molecule has 2 aromatic carbocycles. The number of fused-ring (bicyclic) bond motifs is 1. The van der Waals surface area contributed by atoms with E-state index in [4.69, 9.17) is 4.74 Å². The molecule has 0 amide bonds. The molecular weight excluding hydrogens is 258 g/mol. The molecule has 1 aromatic heterocycles. The van der Waals surface area contributed by atoms with Crippen LogP contribution in [-0.4, -0.2) is 16.0 Å². The molecule has 0 radical (unpaired) electrons. The number of para-hydroxylation sites is 2. The van der Waals surface area contributed by atoms with Crippen molar-refractivity contribution in [3.05, 3.63) is 65.4 Å². The first-order valence-corrected chi connectivity index (χ1v) is 6.04. The number of carbonyl (C=O) groups excluding carboxylic acids is 1. The Bertz CT molecular complexity index is 753. The maximum absolute atomic E-state index is 12.0. The van der Waals surface area contributed by atoms with Gasteiger partial charge in [-0.3, -0.25) is 0 Å². The average molecular weight is 269 g/mol. The molecule has 0 spiro atoms. The van der Waals surface area contributed by atoms with E-state index < -0.39 is 6.09 Å². The van der Waals surface area contributed by atoms with E-state index in [0.717, 1.165) is 10.2 Å². The summed E-state index contributed by atoms with van der Waals surface area (Å²) in [5.74, 6) is 0. The molecule has 100 valence electrons. The summed E-state index contributed by atoms with van der Waals surface area (Å²) in [7, 11) is 0. The monoisotopic (exact) mass is 269 g/mol. The molecule has 3 aromatic rings. The van der Waals surface area contributed by atoms with Crippen LogP contribution in [0.25, 0.3) is 11.0 Å². The predicted molar refractivity (Wildman–Crippen MR) is 70.7 cm³/mol. The predicted octanol–water partition coefficient (Wildman–Crippen LogP) is 1.85. The zero-order valence-electron chi connectivity index (χ0n) is 10.5. The summed E-state index contributed by atoms with van der Waals surface area (Å²) in [5.41, 5.74) is 1.61. The Morgan fingerprint density at radius 3 is 2.65 bits per heavy atom. The minimum atomic E-state index is -0.681. The summed E-state index contributed by atoms with van der Waals surface area (Å²) in [4.78, 5) is 12.4. The largest absolute Gasteiger partial charge is 0.691 e. The summed E-state index contributed by atoms with van der Waals surface area (Å²) >= 11 is 0. The van der Waals surface area contributed by atoms with Gasteiger partial charge in [0.1, 0.15) is 11.8 Å². The lowest BCUT2D eigenvalue weighted by Gasteiger charge is -2.00. The number of hydrogen-bond donors (Lipinski definition) is 0. The van der Waals surface area contributed by atoms with Crippen LogP contribution in [-0.2, 0) is 11.3 Å². The Hall–Kier alpha value is -2.89. The zero-order chi connectivity index (χ0) is 13.9. The van der Waals surface area contributed by atoms with Crippen molar-refractivity contribution in [2.45, 2.75) is 6.61 Å². The number of hydrogen-bond acceptors (Lipinski definition) is 4. The van der Waals surface area contributed by atoms with Crippen molar-refractivity contribution in [2.75, 3.05) is 0 Å². The molecule has 0 aliphatic heterocycles. The van der Waals surface area contributed by atoms with E-state index in [1.165, 1.54) is 0 Å². The van der Waals surface area contributed by atoms with Crippen LogP contribution in [0.5, 0.6) is 0 Å². The topological polar surface area (TPSA) is 71.1 Å². The summed E-state index contributed by atoms with van der Waals surface area (Å²) in [6, 6.07) is 16.0. The molecule has 20 heavy (non-hydrogen) atoms. The quantitative estimate of drug-likeness (QED) is 0.526. The molecule has 0 unspecified atom stereocenters. The number of carbonyl (C=O) groups is 1. The molecule has 0 bridgehead atoms. The molecule has 1 heterocycles. The molecular formula is C14H11N3O3. The second-order valence-corrected chi connectivity index (χ2v) is 4.20. The Labute approximate surface area is 114 Å². The van der Waals surface area contributed by atoms with Gasteiger partial charge in [-0.2, -0.15) is 4.79 Å². The number of benzene rings is 2. The number of ether oxygens (including phenoxy) is 1. The Balaban J connectivity index is 1.83. The SMILES string of the molecule is O=C(OCc1ccccc1)n1n[n+]([O-])c2ccccc21. The van der Waals surface area contributed by atoms with Crippen LogP contribution in [0, 0.1) is 5.21 Å². The van der Waals surface area contributed by atoms with Crippen molar-refractivity contribution in [1.29, 1.82) is 0 Å². The highest BCUT2D eigenvalue weighted by molar-refractivity contribution is 5.83. The van der Waals surface area contributed by atoms with Crippen LogP contribution < -0.4 is 4.85 Å². The van der Waals surface area contributed by atoms with E-state index in [-0.39, 0.29) is 6.61 Å². The van der Waals surface area contributed by atoms with Gasteiger partial charge >= 0.3 is 6.09 Å². The van der Waals surface area contributed by atoms with Gasteiger partial charge in [-0.15, -0.1) is 4.85 Å². The van der Waals surface area contributed by atoms with E-state index >= 15 is 0 Å². The molecule has 0 atom stereocenters. The lowest BCUT2D eigenvalue weighted by molar-refractivity contribution is -0.645. The summed E-state index contributed by atoms with van der Waals surface area (Å²) in [6.45, 7) is 0.132. The normalized spacial score (nSPS) is 10.6. The molecule has 3 rings (SSSR count). The van der Waals surface area contributed by atoms with Crippen LogP contribution >= 0.6 is 0 Å². The van der Waals surface area contributed by atoms with E-state index in [1.807, 2.05) is 30.3 Å². The fourth-order valence-electron chi connectivity index (χ4n) is 1.90. The van der Waals surface area contributed by atoms with Crippen LogP contribution in [0.3, 0.4) is 0 Å². The summed E-state index contributed by atoms with van der Waals surface area (Å²) in [6.07, 6.45) is -0.681. The van der Waals surface area contributed by atoms with Gasteiger partial charge in [-0.1, -0.05) is 42.5 Å². The third-order valence-electron chi connectivity index (χ3n) is 2.86. The maximum Gasteiger partial charge on any atom is 0.533 e. The van der Waals surface area contributed by atoms with Crippen LogP contribution in [0.1, 0.15) is 5.56 Å². The van der Waals surface area contributed by atoms with Gasteiger partial charge < -0.3 is 9.94 Å². The lowest BCUT2D eigenvalue weighted by Crippen LogP contribution is -2.31. The van der Waals surface area contributed by atoms with Gasteiger partial charge in [0.25, 0.3) is 0 Å².